The quantitative estimate of drug-likeness (QED) is 0.522. The number of carbonyl (C=O) groups excluding carboxylic acids is 2. The lowest BCUT2D eigenvalue weighted by atomic mass is 9.85. The number of hydrogen-bond acceptors (Lipinski definition) is 4. The fourth-order valence-electron chi connectivity index (χ4n) is 5.66. The molecule has 2 fully saturated rings. The van der Waals surface area contributed by atoms with Crippen molar-refractivity contribution in [3.05, 3.63) is 59.7 Å². The first-order valence-electron chi connectivity index (χ1n) is 12.6. The summed E-state index contributed by atoms with van der Waals surface area (Å²) in [6, 6.07) is 16.0. The number of carboxylic acid groups (broad SMARTS) is 1. The van der Waals surface area contributed by atoms with Gasteiger partial charge in [0, 0.05) is 24.4 Å². The van der Waals surface area contributed by atoms with Crippen LogP contribution in [0.1, 0.15) is 62.0 Å². The number of fused-ring (bicyclic) bond motifs is 3. The number of alkyl carbamates (subject to hydrolysis) is 1. The van der Waals surface area contributed by atoms with Crippen molar-refractivity contribution in [2.24, 2.45) is 11.8 Å². The third-order valence-corrected chi connectivity index (χ3v) is 7.63. The maximum absolute atomic E-state index is 12.7. The molecule has 0 heterocycles. The van der Waals surface area contributed by atoms with Crippen molar-refractivity contribution >= 4 is 18.0 Å². The van der Waals surface area contributed by atoms with Crippen molar-refractivity contribution in [1.29, 1.82) is 0 Å². The van der Waals surface area contributed by atoms with Crippen LogP contribution in [0, 0.1) is 11.8 Å². The second-order valence-corrected chi connectivity index (χ2v) is 10.1. The predicted octanol–water partition coefficient (Wildman–Crippen LogP) is 4.45. The molecule has 0 aromatic heterocycles. The molecule has 3 unspecified atom stereocenters. The predicted molar refractivity (Wildman–Crippen MR) is 131 cm³/mol. The SMILES string of the molecule is O=C(CC(NC(=O)OCC1c2ccccc2-c2ccccc21)C1CC1)NC1CCCC(C(=O)O)C1. The Balaban J connectivity index is 1.15. The van der Waals surface area contributed by atoms with Crippen LogP contribution in [0.25, 0.3) is 11.1 Å². The van der Waals surface area contributed by atoms with E-state index in [1.54, 1.807) is 0 Å². The number of ether oxygens (including phenoxy) is 1. The maximum atomic E-state index is 12.7. The van der Waals surface area contributed by atoms with Crippen LogP contribution in [0.15, 0.2) is 48.5 Å². The molecule has 2 aromatic rings. The summed E-state index contributed by atoms with van der Waals surface area (Å²) in [6.07, 6.45) is 4.36. The lowest BCUT2D eigenvalue weighted by Crippen LogP contribution is -2.45. The minimum Gasteiger partial charge on any atom is -0.481 e. The van der Waals surface area contributed by atoms with E-state index in [0.717, 1.165) is 36.8 Å². The van der Waals surface area contributed by atoms with Crippen molar-refractivity contribution in [1.82, 2.24) is 10.6 Å². The first kappa shape index (κ1) is 23.4. The number of carbonyl (C=O) groups is 3. The average molecular weight is 477 g/mol. The highest BCUT2D eigenvalue weighted by atomic mass is 16.5. The number of aliphatic carboxylic acids is 1. The Morgan fingerprint density at radius 1 is 0.943 bits per heavy atom. The highest BCUT2D eigenvalue weighted by Crippen LogP contribution is 2.44. The van der Waals surface area contributed by atoms with Gasteiger partial charge in [-0.15, -0.1) is 0 Å². The van der Waals surface area contributed by atoms with Gasteiger partial charge in [-0.3, -0.25) is 9.59 Å². The first-order valence-corrected chi connectivity index (χ1v) is 12.6. The van der Waals surface area contributed by atoms with Gasteiger partial charge in [-0.2, -0.15) is 0 Å². The number of hydrogen-bond donors (Lipinski definition) is 3. The van der Waals surface area contributed by atoms with Crippen LogP contribution in [0.3, 0.4) is 0 Å². The molecule has 0 bridgehead atoms. The molecule has 7 nitrogen and oxygen atoms in total. The normalized spacial score (nSPS) is 21.9. The zero-order chi connectivity index (χ0) is 24.4. The van der Waals surface area contributed by atoms with Crippen molar-refractivity contribution in [2.45, 2.75) is 62.9 Å². The largest absolute Gasteiger partial charge is 0.481 e. The van der Waals surface area contributed by atoms with Crippen molar-refractivity contribution in [3.8, 4) is 11.1 Å². The van der Waals surface area contributed by atoms with Gasteiger partial charge in [-0.05, 0) is 60.3 Å². The number of amides is 2. The summed E-state index contributed by atoms with van der Waals surface area (Å²) in [6.45, 7) is 0.238. The second kappa shape index (κ2) is 10.1. The summed E-state index contributed by atoms with van der Waals surface area (Å²) < 4.78 is 5.67. The Hall–Kier alpha value is -3.35. The summed E-state index contributed by atoms with van der Waals surface area (Å²) in [7, 11) is 0. The molecule has 3 aliphatic rings. The van der Waals surface area contributed by atoms with Crippen molar-refractivity contribution in [3.63, 3.8) is 0 Å². The highest BCUT2D eigenvalue weighted by molar-refractivity contribution is 5.80. The number of carboxylic acids is 1. The van der Waals surface area contributed by atoms with Gasteiger partial charge in [0.25, 0.3) is 0 Å². The van der Waals surface area contributed by atoms with Crippen LogP contribution in [0.5, 0.6) is 0 Å². The molecule has 0 saturated heterocycles. The molecule has 184 valence electrons. The highest BCUT2D eigenvalue weighted by Gasteiger charge is 2.36. The summed E-state index contributed by atoms with van der Waals surface area (Å²) >= 11 is 0. The van der Waals surface area contributed by atoms with Crippen LogP contribution in [-0.4, -0.2) is 41.8 Å². The van der Waals surface area contributed by atoms with Crippen LogP contribution < -0.4 is 10.6 Å². The van der Waals surface area contributed by atoms with Crippen LogP contribution >= 0.6 is 0 Å². The summed E-state index contributed by atoms with van der Waals surface area (Å²) in [5.41, 5.74) is 4.67. The molecule has 0 spiro atoms. The summed E-state index contributed by atoms with van der Waals surface area (Å²) in [4.78, 5) is 36.7. The van der Waals surface area contributed by atoms with Gasteiger partial charge in [0.15, 0.2) is 0 Å². The van der Waals surface area contributed by atoms with E-state index in [2.05, 4.69) is 34.9 Å². The van der Waals surface area contributed by atoms with E-state index in [9.17, 15) is 19.5 Å². The second-order valence-electron chi connectivity index (χ2n) is 10.1. The molecule has 3 N–H and O–H groups in total. The smallest absolute Gasteiger partial charge is 0.407 e. The zero-order valence-corrected chi connectivity index (χ0v) is 19.7. The Morgan fingerprint density at radius 2 is 1.60 bits per heavy atom. The maximum Gasteiger partial charge on any atom is 0.407 e. The van der Waals surface area contributed by atoms with E-state index in [-0.39, 0.29) is 42.9 Å². The molecule has 2 aromatic carbocycles. The standard InChI is InChI=1S/C28H32N2O5/c31-26(29-19-7-5-6-18(14-19)27(32)33)15-25(17-12-13-17)30-28(34)35-16-24-22-10-3-1-8-20(22)21-9-2-4-11-23(21)24/h1-4,8-11,17-19,24-25H,5-7,12-16H2,(H,29,31)(H,30,34)(H,32,33). The minimum atomic E-state index is -0.795. The van der Waals surface area contributed by atoms with E-state index >= 15 is 0 Å². The Kier molecular flexibility index (Phi) is 6.75. The summed E-state index contributed by atoms with van der Waals surface area (Å²) in [5.74, 6) is -1.07. The third kappa shape index (κ3) is 5.34. The molecule has 3 atom stereocenters. The Labute approximate surface area is 205 Å². The van der Waals surface area contributed by atoms with Gasteiger partial charge >= 0.3 is 12.1 Å². The molecule has 2 saturated carbocycles. The van der Waals surface area contributed by atoms with E-state index in [1.165, 1.54) is 11.1 Å². The monoisotopic (exact) mass is 476 g/mol. The van der Waals surface area contributed by atoms with Crippen LogP contribution in [0.4, 0.5) is 4.79 Å². The van der Waals surface area contributed by atoms with Gasteiger partial charge in [-0.25, -0.2) is 4.79 Å². The molecule has 35 heavy (non-hydrogen) atoms. The lowest BCUT2D eigenvalue weighted by molar-refractivity contribution is -0.143. The molecule has 7 heteroatoms. The van der Waals surface area contributed by atoms with E-state index in [0.29, 0.717) is 12.8 Å². The Morgan fingerprint density at radius 3 is 2.23 bits per heavy atom. The molecule has 0 aliphatic heterocycles. The minimum absolute atomic E-state index is 0.00990. The number of rotatable bonds is 8. The molecule has 0 radical (unpaired) electrons. The topological polar surface area (TPSA) is 105 Å². The number of nitrogens with one attached hydrogen (secondary N) is 2. The van der Waals surface area contributed by atoms with Gasteiger partial charge in [0.1, 0.15) is 6.61 Å². The molecular formula is C28H32N2O5. The van der Waals surface area contributed by atoms with Gasteiger partial charge < -0.3 is 20.5 Å². The first-order chi connectivity index (χ1) is 17.0. The van der Waals surface area contributed by atoms with Crippen LogP contribution in [-0.2, 0) is 14.3 Å². The molecule has 3 aliphatic carbocycles. The van der Waals surface area contributed by atoms with Gasteiger partial charge in [0.05, 0.1) is 5.92 Å². The molecule has 2 amide bonds. The van der Waals surface area contributed by atoms with E-state index in [4.69, 9.17) is 4.74 Å². The average Bonchev–Trinajstić information content (AvgIpc) is 3.65. The fourth-order valence-corrected chi connectivity index (χ4v) is 5.66. The fraction of sp³-hybridized carbons (Fsp3) is 0.464. The third-order valence-electron chi connectivity index (χ3n) is 7.63. The molecule has 5 rings (SSSR count). The van der Waals surface area contributed by atoms with Crippen molar-refractivity contribution < 1.29 is 24.2 Å². The van der Waals surface area contributed by atoms with Crippen LogP contribution in [0.2, 0.25) is 0 Å². The van der Waals surface area contributed by atoms with Crippen molar-refractivity contribution in [2.75, 3.05) is 6.61 Å². The summed E-state index contributed by atoms with van der Waals surface area (Å²) in [5, 5.41) is 15.2. The molecular weight excluding hydrogens is 444 g/mol. The van der Waals surface area contributed by atoms with E-state index < -0.39 is 18.0 Å². The van der Waals surface area contributed by atoms with E-state index in [1.807, 2.05) is 24.3 Å². The van der Waals surface area contributed by atoms with Gasteiger partial charge in [-0.1, -0.05) is 55.0 Å². The Bertz CT molecular complexity index is 1070. The zero-order valence-electron chi connectivity index (χ0n) is 19.7. The number of benzene rings is 2. The lowest BCUT2D eigenvalue weighted by Gasteiger charge is -2.28. The van der Waals surface area contributed by atoms with Gasteiger partial charge in [0.2, 0.25) is 5.91 Å².